The molecule has 0 radical (unpaired) electrons. The van der Waals surface area contributed by atoms with E-state index >= 15 is 0 Å². The van der Waals surface area contributed by atoms with Gasteiger partial charge in [-0.1, -0.05) is 15.9 Å². The van der Waals surface area contributed by atoms with Gasteiger partial charge in [-0.3, -0.25) is 4.39 Å². The van der Waals surface area contributed by atoms with Gasteiger partial charge in [0.15, 0.2) is 0 Å². The Morgan fingerprint density at radius 3 is 2.84 bits per heavy atom. The van der Waals surface area contributed by atoms with E-state index in [2.05, 4.69) is 15.9 Å². The van der Waals surface area contributed by atoms with E-state index in [9.17, 15) is 4.39 Å². The van der Waals surface area contributed by atoms with Gasteiger partial charge in [-0.15, -0.1) is 0 Å². The Morgan fingerprint density at radius 2 is 2.16 bits per heavy atom. The van der Waals surface area contributed by atoms with Crippen molar-refractivity contribution in [2.75, 3.05) is 26.5 Å². The number of alkyl halides is 1. The summed E-state index contributed by atoms with van der Waals surface area (Å²) in [4.78, 5) is 0. The van der Waals surface area contributed by atoms with E-state index in [4.69, 9.17) is 14.2 Å². The van der Waals surface area contributed by atoms with Crippen LogP contribution in [0.25, 0.3) is 0 Å². The molecule has 0 aromatic heterocycles. The first-order chi connectivity index (χ1) is 9.11. The van der Waals surface area contributed by atoms with Crippen LogP contribution in [0.3, 0.4) is 0 Å². The summed E-state index contributed by atoms with van der Waals surface area (Å²) in [7, 11) is 0. The molecule has 19 heavy (non-hydrogen) atoms. The van der Waals surface area contributed by atoms with Crippen LogP contribution in [0.4, 0.5) is 4.39 Å². The Labute approximate surface area is 121 Å². The highest BCUT2D eigenvalue weighted by atomic mass is 79.9. The van der Waals surface area contributed by atoms with Crippen LogP contribution in [0.15, 0.2) is 28.7 Å². The van der Waals surface area contributed by atoms with Gasteiger partial charge in [-0.2, -0.15) is 0 Å². The van der Waals surface area contributed by atoms with E-state index in [-0.39, 0.29) is 6.10 Å². The molecule has 1 aromatic carbocycles. The third-order valence-corrected chi connectivity index (χ3v) is 3.56. The highest BCUT2D eigenvalue weighted by molar-refractivity contribution is 9.10. The molecule has 1 saturated heterocycles. The molecule has 2 atom stereocenters. The lowest BCUT2D eigenvalue weighted by atomic mass is 10.0. The number of rotatable bonds is 5. The molecular formula is C14H18BrFO3. The summed E-state index contributed by atoms with van der Waals surface area (Å²) >= 11 is 3.37. The van der Waals surface area contributed by atoms with Gasteiger partial charge in [0.25, 0.3) is 0 Å². The lowest BCUT2D eigenvalue weighted by molar-refractivity contribution is -0.201. The third-order valence-electron chi connectivity index (χ3n) is 3.04. The normalized spacial score (nSPS) is 27.2. The minimum atomic E-state index is -0.541. The van der Waals surface area contributed by atoms with Gasteiger partial charge in [0.05, 0.1) is 25.5 Å². The van der Waals surface area contributed by atoms with Crippen LogP contribution in [0.1, 0.15) is 13.3 Å². The van der Waals surface area contributed by atoms with Crippen molar-refractivity contribution < 1.29 is 18.6 Å². The molecule has 3 nitrogen and oxygen atoms in total. The first-order valence-corrected chi connectivity index (χ1v) is 7.10. The summed E-state index contributed by atoms with van der Waals surface area (Å²) in [5.74, 6) is 0.782. The van der Waals surface area contributed by atoms with Crippen molar-refractivity contribution in [2.45, 2.75) is 25.0 Å². The second-order valence-electron chi connectivity index (χ2n) is 4.91. The molecule has 2 rings (SSSR count). The second kappa shape index (κ2) is 6.68. The lowest BCUT2D eigenvalue weighted by Gasteiger charge is -2.37. The second-order valence-corrected chi connectivity index (χ2v) is 5.82. The molecule has 0 spiro atoms. The Kier molecular flexibility index (Phi) is 5.19. The molecule has 106 valence electrons. The fraction of sp³-hybridized carbons (Fsp3) is 0.571. The zero-order chi connectivity index (χ0) is 13.7. The lowest BCUT2D eigenvalue weighted by Crippen LogP contribution is -2.47. The molecule has 1 fully saturated rings. The standard InChI is InChI=1S/C14H18BrFO3/c1-14(6-7-16)10-17-8-13(19-14)9-18-12-4-2-11(15)3-5-12/h2-5,13H,6-10H2,1H3/t13-,14-/m0/s1. The number of hydrogen-bond acceptors (Lipinski definition) is 3. The van der Waals surface area contributed by atoms with E-state index < -0.39 is 12.3 Å². The predicted molar refractivity (Wildman–Crippen MR) is 74.3 cm³/mol. The maximum atomic E-state index is 12.5. The van der Waals surface area contributed by atoms with Gasteiger partial charge in [-0.05, 0) is 31.2 Å². The Hall–Kier alpha value is -0.650. The van der Waals surface area contributed by atoms with Crippen LogP contribution >= 0.6 is 15.9 Å². The van der Waals surface area contributed by atoms with Crippen molar-refractivity contribution in [2.24, 2.45) is 0 Å². The van der Waals surface area contributed by atoms with Crippen LogP contribution in [-0.4, -0.2) is 38.2 Å². The van der Waals surface area contributed by atoms with Gasteiger partial charge in [-0.25, -0.2) is 0 Å². The van der Waals surface area contributed by atoms with Crippen LogP contribution in [0, 0.1) is 0 Å². The van der Waals surface area contributed by atoms with Crippen molar-refractivity contribution in [3.8, 4) is 5.75 Å². The number of hydrogen-bond donors (Lipinski definition) is 0. The van der Waals surface area contributed by atoms with E-state index in [1.807, 2.05) is 31.2 Å². The molecule has 1 aliphatic rings. The number of benzene rings is 1. The first kappa shape index (κ1) is 14.8. The van der Waals surface area contributed by atoms with Gasteiger partial charge in [0.1, 0.15) is 18.5 Å². The topological polar surface area (TPSA) is 27.7 Å². The van der Waals surface area contributed by atoms with Crippen molar-refractivity contribution in [1.29, 1.82) is 0 Å². The average Bonchev–Trinajstić information content (AvgIpc) is 2.38. The van der Waals surface area contributed by atoms with Crippen LogP contribution in [0.5, 0.6) is 5.75 Å². The first-order valence-electron chi connectivity index (χ1n) is 6.31. The van der Waals surface area contributed by atoms with Crippen molar-refractivity contribution in [1.82, 2.24) is 0 Å². The highest BCUT2D eigenvalue weighted by Gasteiger charge is 2.33. The summed E-state index contributed by atoms with van der Waals surface area (Å²) in [5.41, 5.74) is -0.541. The predicted octanol–water partition coefficient (Wildman–Crippen LogP) is 3.36. The molecule has 0 aliphatic carbocycles. The quantitative estimate of drug-likeness (QED) is 0.827. The molecule has 0 unspecified atom stereocenters. The maximum Gasteiger partial charge on any atom is 0.119 e. The summed E-state index contributed by atoms with van der Waals surface area (Å²) in [5, 5.41) is 0. The fourth-order valence-electron chi connectivity index (χ4n) is 2.01. The third kappa shape index (κ3) is 4.44. The smallest absolute Gasteiger partial charge is 0.119 e. The van der Waals surface area contributed by atoms with Crippen LogP contribution in [0.2, 0.25) is 0 Å². The number of halogens is 2. The zero-order valence-electron chi connectivity index (χ0n) is 10.9. The molecule has 0 N–H and O–H groups in total. The molecule has 0 amide bonds. The minimum absolute atomic E-state index is 0.158. The average molecular weight is 333 g/mol. The van der Waals surface area contributed by atoms with E-state index in [1.165, 1.54) is 0 Å². The molecule has 5 heteroatoms. The summed E-state index contributed by atoms with van der Waals surface area (Å²) in [6.07, 6.45) is 0.191. The van der Waals surface area contributed by atoms with Crippen LogP contribution in [-0.2, 0) is 9.47 Å². The van der Waals surface area contributed by atoms with Gasteiger partial charge >= 0.3 is 0 Å². The van der Waals surface area contributed by atoms with Crippen molar-refractivity contribution in [3.63, 3.8) is 0 Å². The van der Waals surface area contributed by atoms with Crippen molar-refractivity contribution in [3.05, 3.63) is 28.7 Å². The fourth-order valence-corrected chi connectivity index (χ4v) is 2.27. The van der Waals surface area contributed by atoms with Gasteiger partial charge in [0, 0.05) is 10.9 Å². The number of ether oxygens (including phenoxy) is 3. The molecular weight excluding hydrogens is 315 g/mol. The van der Waals surface area contributed by atoms with Gasteiger partial charge < -0.3 is 14.2 Å². The molecule has 1 aliphatic heterocycles. The van der Waals surface area contributed by atoms with E-state index in [1.54, 1.807) is 0 Å². The van der Waals surface area contributed by atoms with E-state index in [0.717, 1.165) is 10.2 Å². The monoisotopic (exact) mass is 332 g/mol. The summed E-state index contributed by atoms with van der Waals surface area (Å²) in [6, 6.07) is 7.60. The summed E-state index contributed by atoms with van der Waals surface area (Å²) in [6.45, 7) is 2.80. The SMILES string of the molecule is C[C@]1(CCF)COC[C@@H](COc2ccc(Br)cc2)O1. The maximum absolute atomic E-state index is 12.5. The largest absolute Gasteiger partial charge is 0.491 e. The zero-order valence-corrected chi connectivity index (χ0v) is 12.5. The van der Waals surface area contributed by atoms with Crippen molar-refractivity contribution >= 4 is 15.9 Å². The van der Waals surface area contributed by atoms with E-state index in [0.29, 0.717) is 26.2 Å². The summed E-state index contributed by atoms with van der Waals surface area (Å²) < 4.78 is 30.5. The molecule has 0 saturated carbocycles. The minimum Gasteiger partial charge on any atom is -0.491 e. The Bertz CT molecular complexity index is 394. The Morgan fingerprint density at radius 1 is 1.42 bits per heavy atom. The van der Waals surface area contributed by atoms with Crippen LogP contribution < -0.4 is 4.74 Å². The Balaban J connectivity index is 1.84. The molecule has 0 bridgehead atoms. The molecule has 1 aromatic rings. The molecule has 1 heterocycles. The van der Waals surface area contributed by atoms with Gasteiger partial charge in [0.2, 0.25) is 0 Å². The highest BCUT2D eigenvalue weighted by Crippen LogP contribution is 2.24.